The van der Waals surface area contributed by atoms with Crippen LogP contribution in [0, 0.1) is 11.8 Å². The number of allylic oxidation sites excluding steroid dienone is 2. The Balaban J connectivity index is 1.50. The first-order chi connectivity index (χ1) is 12.0. The summed E-state index contributed by atoms with van der Waals surface area (Å²) < 4.78 is 11.9. The molecule has 146 valence electrons. The molecule has 0 bridgehead atoms. The quantitative estimate of drug-likeness (QED) is 0.418. The summed E-state index contributed by atoms with van der Waals surface area (Å²) in [6.45, 7) is 10.0. The standard InChI is InChI=1S/C21H38ClNO2/c1-17-6-4-5-7-18(17)12-13-23-14-15-24-16-21(2,3)25-20-10-8-19(22)9-11-20/h10,17-19,23H,4-9,11-16H2,1-3H3. The van der Waals surface area contributed by atoms with Gasteiger partial charge in [-0.05, 0) is 57.6 Å². The number of hydrogen-bond donors (Lipinski definition) is 1. The number of hydrogen-bond acceptors (Lipinski definition) is 3. The molecule has 1 fully saturated rings. The van der Waals surface area contributed by atoms with Crippen molar-refractivity contribution in [3.05, 3.63) is 11.8 Å². The Kier molecular flexibility index (Phi) is 9.09. The van der Waals surface area contributed by atoms with Gasteiger partial charge in [0.2, 0.25) is 0 Å². The van der Waals surface area contributed by atoms with E-state index in [0.29, 0.717) is 6.61 Å². The average Bonchev–Trinajstić information content (AvgIpc) is 2.57. The van der Waals surface area contributed by atoms with Crippen molar-refractivity contribution in [3.8, 4) is 0 Å². The van der Waals surface area contributed by atoms with Gasteiger partial charge in [0, 0.05) is 18.3 Å². The third-order valence-electron chi connectivity index (χ3n) is 5.57. The third-order valence-corrected chi connectivity index (χ3v) is 5.96. The summed E-state index contributed by atoms with van der Waals surface area (Å²) >= 11 is 6.12. The number of rotatable bonds is 10. The summed E-state index contributed by atoms with van der Waals surface area (Å²) in [5, 5.41) is 3.81. The van der Waals surface area contributed by atoms with Crippen molar-refractivity contribution in [2.24, 2.45) is 11.8 Å². The molecule has 3 atom stereocenters. The molecule has 0 aromatic carbocycles. The van der Waals surface area contributed by atoms with Gasteiger partial charge in [-0.3, -0.25) is 0 Å². The highest BCUT2D eigenvalue weighted by Gasteiger charge is 2.23. The van der Waals surface area contributed by atoms with Gasteiger partial charge in [0.1, 0.15) is 5.60 Å². The molecule has 2 aliphatic carbocycles. The lowest BCUT2D eigenvalue weighted by atomic mass is 9.79. The van der Waals surface area contributed by atoms with E-state index in [9.17, 15) is 0 Å². The molecule has 0 aliphatic heterocycles. The monoisotopic (exact) mass is 371 g/mol. The maximum Gasteiger partial charge on any atom is 0.126 e. The van der Waals surface area contributed by atoms with Gasteiger partial charge >= 0.3 is 0 Å². The molecule has 0 aromatic rings. The third kappa shape index (κ3) is 8.32. The number of ether oxygens (including phenoxy) is 2. The van der Waals surface area contributed by atoms with E-state index in [2.05, 4.69) is 32.2 Å². The normalized spacial score (nSPS) is 27.8. The number of halogens is 1. The Hall–Kier alpha value is -0.250. The SMILES string of the molecule is CC1CCCCC1CCNCCOCC(C)(C)OC1=CCC(Cl)CC1. The Morgan fingerprint density at radius 1 is 1.20 bits per heavy atom. The largest absolute Gasteiger partial charge is 0.490 e. The van der Waals surface area contributed by atoms with Crippen LogP contribution in [0.4, 0.5) is 0 Å². The van der Waals surface area contributed by atoms with Crippen LogP contribution < -0.4 is 5.32 Å². The predicted octanol–water partition coefficient (Wildman–Crippen LogP) is 5.28. The van der Waals surface area contributed by atoms with Crippen LogP contribution in [0.2, 0.25) is 0 Å². The van der Waals surface area contributed by atoms with Gasteiger partial charge in [-0.1, -0.05) is 32.6 Å². The lowest BCUT2D eigenvalue weighted by molar-refractivity contribution is -0.0458. The minimum Gasteiger partial charge on any atom is -0.490 e. The van der Waals surface area contributed by atoms with Crippen LogP contribution in [0.3, 0.4) is 0 Å². The van der Waals surface area contributed by atoms with E-state index in [0.717, 1.165) is 56.6 Å². The summed E-state index contributed by atoms with van der Waals surface area (Å²) in [6.07, 6.45) is 12.0. The maximum atomic E-state index is 6.12. The summed E-state index contributed by atoms with van der Waals surface area (Å²) in [5.74, 6) is 2.91. The molecule has 2 aliphatic rings. The molecule has 1 saturated carbocycles. The first-order valence-electron chi connectivity index (χ1n) is 10.3. The molecule has 0 spiro atoms. The van der Waals surface area contributed by atoms with Crippen LogP contribution >= 0.6 is 11.6 Å². The van der Waals surface area contributed by atoms with Crippen molar-refractivity contribution >= 4 is 11.6 Å². The van der Waals surface area contributed by atoms with Gasteiger partial charge in [0.25, 0.3) is 0 Å². The molecule has 0 amide bonds. The first-order valence-corrected chi connectivity index (χ1v) is 10.7. The van der Waals surface area contributed by atoms with Crippen molar-refractivity contribution in [2.45, 2.75) is 83.1 Å². The van der Waals surface area contributed by atoms with Crippen molar-refractivity contribution in [3.63, 3.8) is 0 Å². The lowest BCUT2D eigenvalue weighted by Crippen LogP contribution is -2.33. The van der Waals surface area contributed by atoms with Crippen molar-refractivity contribution in [1.82, 2.24) is 5.32 Å². The highest BCUT2D eigenvalue weighted by atomic mass is 35.5. The van der Waals surface area contributed by atoms with Gasteiger partial charge in [-0.2, -0.15) is 0 Å². The zero-order valence-electron chi connectivity index (χ0n) is 16.5. The van der Waals surface area contributed by atoms with E-state index in [-0.39, 0.29) is 11.0 Å². The minimum atomic E-state index is -0.275. The molecular weight excluding hydrogens is 334 g/mol. The van der Waals surface area contributed by atoms with E-state index in [1.54, 1.807) is 0 Å². The summed E-state index contributed by atoms with van der Waals surface area (Å²) in [4.78, 5) is 0. The fourth-order valence-electron chi connectivity index (χ4n) is 3.95. The van der Waals surface area contributed by atoms with Gasteiger partial charge in [-0.15, -0.1) is 11.6 Å². The second-order valence-corrected chi connectivity index (χ2v) is 9.13. The number of alkyl halides is 1. The van der Waals surface area contributed by atoms with Crippen LogP contribution in [0.5, 0.6) is 0 Å². The molecule has 0 radical (unpaired) electrons. The minimum absolute atomic E-state index is 0.273. The van der Waals surface area contributed by atoms with E-state index >= 15 is 0 Å². The Morgan fingerprint density at radius 3 is 2.72 bits per heavy atom. The van der Waals surface area contributed by atoms with E-state index < -0.39 is 0 Å². The van der Waals surface area contributed by atoms with E-state index in [4.69, 9.17) is 21.1 Å². The smallest absolute Gasteiger partial charge is 0.126 e. The highest BCUT2D eigenvalue weighted by molar-refractivity contribution is 6.20. The van der Waals surface area contributed by atoms with E-state index in [1.807, 2.05) is 0 Å². The zero-order chi connectivity index (χ0) is 18.1. The average molecular weight is 372 g/mol. The molecule has 4 heteroatoms. The fourth-order valence-corrected chi connectivity index (χ4v) is 4.15. The molecule has 2 rings (SSSR count). The second-order valence-electron chi connectivity index (χ2n) is 8.52. The molecule has 3 unspecified atom stereocenters. The van der Waals surface area contributed by atoms with E-state index in [1.165, 1.54) is 32.1 Å². The van der Waals surface area contributed by atoms with Crippen molar-refractivity contribution in [2.75, 3.05) is 26.3 Å². The Labute approximate surface area is 159 Å². The highest BCUT2D eigenvalue weighted by Crippen LogP contribution is 2.31. The maximum absolute atomic E-state index is 6.12. The summed E-state index contributed by atoms with van der Waals surface area (Å²) in [6, 6.07) is 0. The van der Waals surface area contributed by atoms with Crippen molar-refractivity contribution in [1.29, 1.82) is 0 Å². The predicted molar refractivity (Wildman–Crippen MR) is 106 cm³/mol. The Bertz CT molecular complexity index is 411. The van der Waals surface area contributed by atoms with Gasteiger partial charge in [0.05, 0.1) is 19.0 Å². The van der Waals surface area contributed by atoms with Crippen LogP contribution in [0.15, 0.2) is 11.8 Å². The zero-order valence-corrected chi connectivity index (χ0v) is 17.2. The van der Waals surface area contributed by atoms with Crippen LogP contribution in [0.1, 0.15) is 72.1 Å². The van der Waals surface area contributed by atoms with Crippen LogP contribution in [-0.2, 0) is 9.47 Å². The number of nitrogens with one attached hydrogen (secondary N) is 1. The topological polar surface area (TPSA) is 30.5 Å². The first kappa shape index (κ1) is 21.1. The fraction of sp³-hybridized carbons (Fsp3) is 0.905. The van der Waals surface area contributed by atoms with Gasteiger partial charge in [-0.25, -0.2) is 0 Å². The van der Waals surface area contributed by atoms with Crippen LogP contribution in [0.25, 0.3) is 0 Å². The van der Waals surface area contributed by atoms with Gasteiger partial charge < -0.3 is 14.8 Å². The van der Waals surface area contributed by atoms with Crippen molar-refractivity contribution < 1.29 is 9.47 Å². The second kappa shape index (κ2) is 10.8. The summed E-state index contributed by atoms with van der Waals surface area (Å²) in [5.41, 5.74) is -0.275. The van der Waals surface area contributed by atoms with Gasteiger partial charge in [0.15, 0.2) is 0 Å². The molecule has 25 heavy (non-hydrogen) atoms. The Morgan fingerprint density at radius 2 is 2.00 bits per heavy atom. The molecule has 0 saturated heterocycles. The molecule has 0 heterocycles. The molecule has 1 N–H and O–H groups in total. The molecular formula is C21H38ClNO2. The lowest BCUT2D eigenvalue weighted by Gasteiger charge is -2.30. The van der Waals surface area contributed by atoms with Crippen LogP contribution in [-0.4, -0.2) is 37.3 Å². The molecule has 0 aromatic heterocycles. The molecule has 3 nitrogen and oxygen atoms in total. The summed E-state index contributed by atoms with van der Waals surface area (Å²) in [7, 11) is 0.